The minimum atomic E-state index is 0.0858. The number of anilines is 1. The van der Waals surface area contributed by atoms with Crippen LogP contribution in [-0.4, -0.2) is 71.0 Å². The normalized spacial score (nSPS) is 18.8. The molecule has 0 aromatic carbocycles. The standard InChI is InChI=1S/C19H28N6OS/c1-14-12-20-17-16(23-7-9-24(10-8-23)18(26)22(3)4)11-15(13-25(14)17)27-21-19(2)5-6-19/h11-13,21H,5-10H2,1-4H3. The van der Waals surface area contributed by atoms with E-state index in [1.54, 1.807) is 30.9 Å². The number of urea groups is 1. The van der Waals surface area contributed by atoms with Gasteiger partial charge in [0.15, 0.2) is 5.65 Å². The zero-order chi connectivity index (χ0) is 19.2. The van der Waals surface area contributed by atoms with E-state index in [0.29, 0.717) is 0 Å². The van der Waals surface area contributed by atoms with Crippen LogP contribution < -0.4 is 9.62 Å². The fourth-order valence-corrected chi connectivity index (χ4v) is 4.24. The van der Waals surface area contributed by atoms with Gasteiger partial charge in [-0.3, -0.25) is 4.72 Å². The molecule has 3 heterocycles. The van der Waals surface area contributed by atoms with E-state index in [0.717, 1.165) is 43.2 Å². The maximum Gasteiger partial charge on any atom is 0.319 e. The summed E-state index contributed by atoms with van der Waals surface area (Å²) in [5.41, 5.74) is 3.55. The number of fused-ring (bicyclic) bond motifs is 1. The molecule has 1 aliphatic heterocycles. The summed E-state index contributed by atoms with van der Waals surface area (Å²) >= 11 is 1.71. The van der Waals surface area contributed by atoms with E-state index in [2.05, 4.69) is 45.1 Å². The molecule has 8 heteroatoms. The number of hydrogen-bond acceptors (Lipinski definition) is 5. The fourth-order valence-electron chi connectivity index (χ4n) is 3.34. The van der Waals surface area contributed by atoms with Gasteiger partial charge in [0.05, 0.1) is 5.69 Å². The lowest BCUT2D eigenvalue weighted by atomic mass is 10.2. The molecule has 146 valence electrons. The highest BCUT2D eigenvalue weighted by Crippen LogP contribution is 2.38. The molecule has 2 aromatic heterocycles. The van der Waals surface area contributed by atoms with Crippen molar-refractivity contribution in [3.63, 3.8) is 0 Å². The molecule has 0 bridgehead atoms. The second kappa shape index (κ2) is 6.91. The topological polar surface area (TPSA) is 56.1 Å². The summed E-state index contributed by atoms with van der Waals surface area (Å²) in [5, 5.41) is 0. The van der Waals surface area contributed by atoms with Gasteiger partial charge >= 0.3 is 6.03 Å². The van der Waals surface area contributed by atoms with E-state index in [9.17, 15) is 4.79 Å². The highest BCUT2D eigenvalue weighted by Gasteiger charge is 2.37. The predicted octanol–water partition coefficient (Wildman–Crippen LogP) is 2.60. The molecule has 1 N–H and O–H groups in total. The van der Waals surface area contributed by atoms with Gasteiger partial charge in [-0.25, -0.2) is 9.78 Å². The summed E-state index contributed by atoms with van der Waals surface area (Å²) < 4.78 is 5.77. The number of imidazole rings is 1. The van der Waals surface area contributed by atoms with Crippen molar-refractivity contribution in [2.75, 3.05) is 45.2 Å². The van der Waals surface area contributed by atoms with Crippen LogP contribution >= 0.6 is 11.9 Å². The summed E-state index contributed by atoms with van der Waals surface area (Å²) in [6.07, 6.45) is 6.56. The molecule has 0 radical (unpaired) electrons. The molecular weight excluding hydrogens is 360 g/mol. The third-order valence-corrected chi connectivity index (χ3v) is 6.49. The Bertz CT molecular complexity index is 851. The lowest BCUT2D eigenvalue weighted by Crippen LogP contribution is -2.51. The van der Waals surface area contributed by atoms with Crippen LogP contribution in [0.4, 0.5) is 10.5 Å². The Labute approximate surface area is 164 Å². The van der Waals surface area contributed by atoms with Crippen molar-refractivity contribution < 1.29 is 4.79 Å². The average Bonchev–Trinajstić information content (AvgIpc) is 3.30. The van der Waals surface area contributed by atoms with E-state index in [1.807, 2.05) is 11.1 Å². The molecule has 27 heavy (non-hydrogen) atoms. The van der Waals surface area contributed by atoms with Crippen LogP contribution in [0.1, 0.15) is 25.5 Å². The van der Waals surface area contributed by atoms with Crippen molar-refractivity contribution in [1.82, 2.24) is 23.9 Å². The molecule has 4 rings (SSSR count). The number of amides is 2. The Kier molecular flexibility index (Phi) is 4.71. The molecule has 1 saturated carbocycles. The molecule has 1 aliphatic carbocycles. The van der Waals surface area contributed by atoms with Gasteiger partial charge in [-0.05, 0) is 44.7 Å². The molecule has 2 fully saturated rings. The number of hydrogen-bond donors (Lipinski definition) is 1. The maximum absolute atomic E-state index is 12.2. The Hall–Kier alpha value is -1.93. The van der Waals surface area contributed by atoms with Gasteiger partial charge in [-0.15, -0.1) is 0 Å². The van der Waals surface area contributed by atoms with Crippen molar-refractivity contribution in [3.05, 3.63) is 24.2 Å². The van der Waals surface area contributed by atoms with Gasteiger partial charge in [-0.1, -0.05) is 0 Å². The Morgan fingerprint density at radius 2 is 1.96 bits per heavy atom. The summed E-state index contributed by atoms with van der Waals surface area (Å²) in [4.78, 5) is 23.9. The second-order valence-electron chi connectivity index (χ2n) is 8.07. The Balaban J connectivity index is 1.56. The van der Waals surface area contributed by atoms with E-state index in [-0.39, 0.29) is 11.6 Å². The smallest absolute Gasteiger partial charge is 0.319 e. The van der Waals surface area contributed by atoms with Gasteiger partial charge in [0.25, 0.3) is 0 Å². The van der Waals surface area contributed by atoms with Crippen molar-refractivity contribution in [1.29, 1.82) is 0 Å². The Morgan fingerprint density at radius 3 is 2.59 bits per heavy atom. The summed E-state index contributed by atoms with van der Waals surface area (Å²) in [7, 11) is 3.61. The first-order valence-electron chi connectivity index (χ1n) is 9.49. The lowest BCUT2D eigenvalue weighted by Gasteiger charge is -2.37. The van der Waals surface area contributed by atoms with Crippen LogP contribution in [-0.2, 0) is 0 Å². The highest BCUT2D eigenvalue weighted by atomic mass is 32.2. The van der Waals surface area contributed by atoms with Crippen LogP contribution in [0, 0.1) is 6.92 Å². The number of carbonyl (C=O) groups is 1. The molecule has 0 spiro atoms. The summed E-state index contributed by atoms with van der Waals surface area (Å²) in [6, 6.07) is 2.32. The first-order chi connectivity index (χ1) is 12.9. The number of carbonyl (C=O) groups excluding carboxylic acids is 1. The third-order valence-electron chi connectivity index (χ3n) is 5.43. The van der Waals surface area contributed by atoms with Crippen LogP contribution in [0.15, 0.2) is 23.4 Å². The summed E-state index contributed by atoms with van der Waals surface area (Å²) in [5.74, 6) is 0. The minimum Gasteiger partial charge on any atom is -0.365 e. The average molecular weight is 389 g/mol. The quantitative estimate of drug-likeness (QED) is 0.816. The van der Waals surface area contributed by atoms with Crippen molar-refractivity contribution in [2.24, 2.45) is 0 Å². The Morgan fingerprint density at radius 1 is 1.26 bits per heavy atom. The molecule has 2 aromatic rings. The van der Waals surface area contributed by atoms with Crippen LogP contribution in [0.2, 0.25) is 0 Å². The lowest BCUT2D eigenvalue weighted by molar-refractivity contribution is 0.168. The van der Waals surface area contributed by atoms with Gasteiger partial charge in [0, 0.05) is 68.8 Å². The number of aromatic nitrogens is 2. The van der Waals surface area contributed by atoms with Crippen LogP contribution in [0.5, 0.6) is 0 Å². The van der Waals surface area contributed by atoms with Gasteiger partial charge in [0.1, 0.15) is 0 Å². The predicted molar refractivity (Wildman–Crippen MR) is 109 cm³/mol. The number of aryl methyl sites for hydroxylation is 1. The highest BCUT2D eigenvalue weighted by molar-refractivity contribution is 7.97. The SMILES string of the molecule is Cc1cnc2c(N3CCN(C(=O)N(C)C)CC3)cc(SNC3(C)CC3)cn12. The van der Waals surface area contributed by atoms with Gasteiger partial charge < -0.3 is 19.1 Å². The van der Waals surface area contributed by atoms with Crippen LogP contribution in [0.3, 0.4) is 0 Å². The van der Waals surface area contributed by atoms with E-state index in [1.165, 1.54) is 17.7 Å². The summed E-state index contributed by atoms with van der Waals surface area (Å²) in [6.45, 7) is 7.46. The molecule has 0 unspecified atom stereocenters. The monoisotopic (exact) mass is 388 g/mol. The number of nitrogens with one attached hydrogen (secondary N) is 1. The van der Waals surface area contributed by atoms with E-state index < -0.39 is 0 Å². The molecular formula is C19H28N6OS. The number of nitrogens with zero attached hydrogens (tertiary/aromatic N) is 5. The van der Waals surface area contributed by atoms with Gasteiger partial charge in [0.2, 0.25) is 0 Å². The van der Waals surface area contributed by atoms with Crippen molar-refractivity contribution >= 4 is 29.3 Å². The molecule has 7 nitrogen and oxygen atoms in total. The van der Waals surface area contributed by atoms with Crippen molar-refractivity contribution in [2.45, 2.75) is 37.1 Å². The van der Waals surface area contributed by atoms with Crippen LogP contribution in [0.25, 0.3) is 5.65 Å². The number of rotatable bonds is 4. The minimum absolute atomic E-state index is 0.0858. The molecule has 0 atom stereocenters. The maximum atomic E-state index is 12.2. The first kappa shape index (κ1) is 18.4. The molecule has 2 aliphatic rings. The largest absolute Gasteiger partial charge is 0.365 e. The van der Waals surface area contributed by atoms with Crippen molar-refractivity contribution in [3.8, 4) is 0 Å². The van der Waals surface area contributed by atoms with Gasteiger partial charge in [-0.2, -0.15) is 0 Å². The number of pyridine rings is 1. The molecule has 1 saturated heterocycles. The zero-order valence-corrected chi connectivity index (χ0v) is 17.3. The van der Waals surface area contributed by atoms with E-state index >= 15 is 0 Å². The second-order valence-corrected chi connectivity index (χ2v) is 8.95. The molecule has 2 amide bonds. The number of piperazine rings is 1. The zero-order valence-electron chi connectivity index (χ0n) is 16.5. The third kappa shape index (κ3) is 3.73. The van der Waals surface area contributed by atoms with E-state index in [4.69, 9.17) is 0 Å². The first-order valence-corrected chi connectivity index (χ1v) is 10.3. The fraction of sp³-hybridized carbons (Fsp3) is 0.579.